The van der Waals surface area contributed by atoms with E-state index in [1.165, 1.54) is 6.08 Å². The Hall–Kier alpha value is -3.53. The van der Waals surface area contributed by atoms with Crippen LogP contribution < -0.4 is 9.47 Å². The van der Waals surface area contributed by atoms with Gasteiger partial charge in [0, 0.05) is 6.08 Å². The van der Waals surface area contributed by atoms with Crippen LogP contribution in [0.1, 0.15) is 11.1 Å². The number of para-hydroxylation sites is 1. The predicted molar refractivity (Wildman–Crippen MR) is 105 cm³/mol. The Morgan fingerprint density at radius 2 is 1.59 bits per heavy atom. The fourth-order valence-corrected chi connectivity index (χ4v) is 2.41. The van der Waals surface area contributed by atoms with E-state index in [1.54, 1.807) is 13.2 Å². The molecule has 0 spiro atoms. The molecule has 0 amide bonds. The minimum atomic E-state index is -0.403. The van der Waals surface area contributed by atoms with Gasteiger partial charge in [0.15, 0.2) is 0 Å². The monoisotopic (exact) mass is 360 g/mol. The zero-order valence-electron chi connectivity index (χ0n) is 15.0. The van der Waals surface area contributed by atoms with Gasteiger partial charge >= 0.3 is 5.97 Å². The lowest BCUT2D eigenvalue weighted by molar-refractivity contribution is -0.138. The number of hydrogen-bond donors (Lipinski definition) is 0. The summed E-state index contributed by atoms with van der Waals surface area (Å²) in [6.45, 7) is 0.178. The molecule has 27 heavy (non-hydrogen) atoms. The standard InChI is InChI=1S/C23H20O4/c1-25-20-13-10-18(11-14-20)12-15-23(24)26-17-19-6-5-9-22(16-19)27-21-7-3-2-4-8-21/h2-16H,17H2,1H3/b15-12+. The Kier molecular flexibility index (Phi) is 6.26. The number of ether oxygens (including phenoxy) is 3. The largest absolute Gasteiger partial charge is 0.497 e. The van der Waals surface area contributed by atoms with Crippen LogP contribution in [0.5, 0.6) is 17.2 Å². The van der Waals surface area contributed by atoms with E-state index in [0.29, 0.717) is 5.75 Å². The molecule has 0 fully saturated rings. The summed E-state index contributed by atoms with van der Waals surface area (Å²) in [5.74, 6) is 1.82. The number of benzene rings is 3. The molecule has 3 aromatic carbocycles. The van der Waals surface area contributed by atoms with Crippen LogP contribution in [0.25, 0.3) is 6.08 Å². The van der Waals surface area contributed by atoms with Gasteiger partial charge in [-0.25, -0.2) is 4.79 Å². The molecule has 0 aliphatic rings. The third-order valence-corrected chi connectivity index (χ3v) is 3.79. The van der Waals surface area contributed by atoms with Crippen LogP contribution in [0.2, 0.25) is 0 Å². The Balaban J connectivity index is 1.53. The molecule has 0 aromatic heterocycles. The highest BCUT2D eigenvalue weighted by molar-refractivity contribution is 5.87. The topological polar surface area (TPSA) is 44.8 Å². The van der Waals surface area contributed by atoms with Crippen molar-refractivity contribution in [2.75, 3.05) is 7.11 Å². The van der Waals surface area contributed by atoms with Gasteiger partial charge in [-0.15, -0.1) is 0 Å². The highest BCUT2D eigenvalue weighted by Crippen LogP contribution is 2.22. The van der Waals surface area contributed by atoms with E-state index in [4.69, 9.17) is 14.2 Å². The average Bonchev–Trinajstić information content (AvgIpc) is 2.72. The van der Waals surface area contributed by atoms with Gasteiger partial charge in [0.2, 0.25) is 0 Å². The maximum atomic E-state index is 11.9. The van der Waals surface area contributed by atoms with E-state index in [-0.39, 0.29) is 6.61 Å². The molecule has 0 saturated carbocycles. The Morgan fingerprint density at radius 1 is 0.852 bits per heavy atom. The number of rotatable bonds is 7. The first-order valence-corrected chi connectivity index (χ1v) is 8.54. The maximum Gasteiger partial charge on any atom is 0.331 e. The first kappa shape index (κ1) is 18.3. The van der Waals surface area contributed by atoms with Gasteiger partial charge in [0.25, 0.3) is 0 Å². The number of carbonyl (C=O) groups is 1. The second-order valence-electron chi connectivity index (χ2n) is 5.78. The molecule has 0 aliphatic carbocycles. The van der Waals surface area contributed by atoms with Crippen molar-refractivity contribution < 1.29 is 19.0 Å². The molecular weight excluding hydrogens is 340 g/mol. The molecule has 3 aromatic rings. The number of carbonyl (C=O) groups excluding carboxylic acids is 1. The molecule has 4 nitrogen and oxygen atoms in total. The van der Waals surface area contributed by atoms with Crippen LogP contribution in [0.4, 0.5) is 0 Å². The number of hydrogen-bond acceptors (Lipinski definition) is 4. The van der Waals surface area contributed by atoms with Gasteiger partial charge < -0.3 is 14.2 Å². The first-order chi connectivity index (χ1) is 13.2. The summed E-state index contributed by atoms with van der Waals surface area (Å²) >= 11 is 0. The van der Waals surface area contributed by atoms with Crippen molar-refractivity contribution in [3.8, 4) is 17.2 Å². The van der Waals surface area contributed by atoms with Crippen molar-refractivity contribution in [3.05, 3.63) is 96.1 Å². The van der Waals surface area contributed by atoms with Crippen molar-refractivity contribution in [2.24, 2.45) is 0 Å². The lowest BCUT2D eigenvalue weighted by atomic mass is 10.2. The van der Waals surface area contributed by atoms with Gasteiger partial charge in [-0.2, -0.15) is 0 Å². The van der Waals surface area contributed by atoms with Gasteiger partial charge in [-0.1, -0.05) is 42.5 Å². The van der Waals surface area contributed by atoms with E-state index >= 15 is 0 Å². The van der Waals surface area contributed by atoms with Gasteiger partial charge in [-0.3, -0.25) is 0 Å². The van der Waals surface area contributed by atoms with E-state index < -0.39 is 5.97 Å². The minimum absolute atomic E-state index is 0.178. The molecule has 3 rings (SSSR count). The van der Waals surface area contributed by atoms with Gasteiger partial charge in [0.1, 0.15) is 23.9 Å². The van der Waals surface area contributed by atoms with Crippen molar-refractivity contribution in [1.29, 1.82) is 0 Å². The Labute approximate surface area is 158 Å². The fourth-order valence-electron chi connectivity index (χ4n) is 2.41. The summed E-state index contributed by atoms with van der Waals surface area (Å²) in [5.41, 5.74) is 1.75. The normalized spacial score (nSPS) is 10.6. The molecule has 0 heterocycles. The van der Waals surface area contributed by atoms with E-state index in [0.717, 1.165) is 22.6 Å². The summed E-state index contributed by atoms with van der Waals surface area (Å²) in [5, 5.41) is 0. The SMILES string of the molecule is COc1ccc(/C=C/C(=O)OCc2cccc(Oc3ccccc3)c2)cc1. The van der Waals surface area contributed by atoms with Crippen LogP contribution in [0.15, 0.2) is 84.9 Å². The predicted octanol–water partition coefficient (Wildman–Crippen LogP) is 5.24. The summed E-state index contributed by atoms with van der Waals surface area (Å²) in [6, 6.07) is 24.4. The van der Waals surface area contributed by atoms with Crippen LogP contribution in [-0.2, 0) is 16.1 Å². The highest BCUT2D eigenvalue weighted by Gasteiger charge is 2.02. The molecular formula is C23H20O4. The molecule has 0 aliphatic heterocycles. The molecule has 136 valence electrons. The molecule has 0 N–H and O–H groups in total. The molecule has 0 unspecified atom stereocenters. The zero-order chi connectivity index (χ0) is 18.9. The van der Waals surface area contributed by atoms with E-state index in [2.05, 4.69) is 0 Å². The number of esters is 1. The molecule has 4 heteroatoms. The fraction of sp³-hybridized carbons (Fsp3) is 0.0870. The van der Waals surface area contributed by atoms with Crippen LogP contribution >= 0.6 is 0 Å². The lowest BCUT2D eigenvalue weighted by Crippen LogP contribution is -2.00. The molecule has 0 saturated heterocycles. The third kappa shape index (κ3) is 5.75. The second-order valence-corrected chi connectivity index (χ2v) is 5.78. The van der Waals surface area contributed by atoms with Gasteiger partial charge in [0.05, 0.1) is 7.11 Å². The minimum Gasteiger partial charge on any atom is -0.497 e. The number of methoxy groups -OCH3 is 1. The quantitative estimate of drug-likeness (QED) is 0.427. The van der Waals surface area contributed by atoms with Crippen molar-refractivity contribution in [3.63, 3.8) is 0 Å². The molecule has 0 atom stereocenters. The lowest BCUT2D eigenvalue weighted by Gasteiger charge is -2.08. The summed E-state index contributed by atoms with van der Waals surface area (Å²) < 4.78 is 16.2. The average molecular weight is 360 g/mol. The molecule has 0 radical (unpaired) electrons. The summed E-state index contributed by atoms with van der Waals surface area (Å²) in [4.78, 5) is 11.9. The maximum absolute atomic E-state index is 11.9. The Bertz CT molecular complexity index is 899. The zero-order valence-corrected chi connectivity index (χ0v) is 15.0. The smallest absolute Gasteiger partial charge is 0.331 e. The first-order valence-electron chi connectivity index (χ1n) is 8.54. The molecule has 0 bridgehead atoms. The van der Waals surface area contributed by atoms with Gasteiger partial charge in [-0.05, 0) is 53.6 Å². The van der Waals surface area contributed by atoms with Crippen molar-refractivity contribution in [1.82, 2.24) is 0 Å². The summed E-state index contributed by atoms with van der Waals surface area (Å²) in [7, 11) is 1.61. The third-order valence-electron chi connectivity index (χ3n) is 3.79. The van der Waals surface area contributed by atoms with E-state index in [1.807, 2.05) is 78.9 Å². The second kappa shape index (κ2) is 9.25. The Morgan fingerprint density at radius 3 is 2.33 bits per heavy atom. The van der Waals surface area contributed by atoms with E-state index in [9.17, 15) is 4.79 Å². The van der Waals surface area contributed by atoms with Crippen LogP contribution in [0, 0.1) is 0 Å². The summed E-state index contributed by atoms with van der Waals surface area (Å²) in [6.07, 6.45) is 3.11. The van der Waals surface area contributed by atoms with Crippen LogP contribution in [-0.4, -0.2) is 13.1 Å². The van der Waals surface area contributed by atoms with Crippen molar-refractivity contribution >= 4 is 12.0 Å². The highest BCUT2D eigenvalue weighted by atomic mass is 16.5. The van der Waals surface area contributed by atoms with Crippen LogP contribution in [0.3, 0.4) is 0 Å². The van der Waals surface area contributed by atoms with Crippen molar-refractivity contribution in [2.45, 2.75) is 6.61 Å².